The molecule has 0 aliphatic carbocycles. The van der Waals surface area contributed by atoms with Gasteiger partial charge in [0.15, 0.2) is 5.60 Å². The maximum Gasteiger partial charge on any atom is 0.416 e. The molecule has 0 spiro atoms. The van der Waals surface area contributed by atoms with Crippen molar-refractivity contribution in [3.63, 3.8) is 0 Å². The summed E-state index contributed by atoms with van der Waals surface area (Å²) in [6.07, 6.45) is -4.15. The van der Waals surface area contributed by atoms with Gasteiger partial charge >= 0.3 is 6.18 Å². The summed E-state index contributed by atoms with van der Waals surface area (Å²) in [5, 5.41) is 6.80. The third-order valence-corrected chi connectivity index (χ3v) is 6.28. The van der Waals surface area contributed by atoms with Crippen molar-refractivity contribution in [1.82, 2.24) is 4.72 Å². The maximum atomic E-state index is 13.0. The lowest BCUT2D eigenvalue weighted by Crippen LogP contribution is -2.24. The summed E-state index contributed by atoms with van der Waals surface area (Å²) < 4.78 is 66.3. The van der Waals surface area contributed by atoms with Crippen LogP contribution in [0.5, 0.6) is 0 Å². The van der Waals surface area contributed by atoms with Crippen molar-refractivity contribution in [2.75, 3.05) is 12.4 Å². The fourth-order valence-electron chi connectivity index (χ4n) is 2.92. The van der Waals surface area contributed by atoms with Crippen molar-refractivity contribution in [3.8, 4) is 0 Å². The smallest absolute Gasteiger partial charge is 0.383 e. The Bertz CT molecular complexity index is 1070. The Balaban J connectivity index is 2.07. The van der Waals surface area contributed by atoms with Crippen molar-refractivity contribution in [3.05, 3.63) is 53.6 Å². The molecule has 0 saturated carbocycles. The minimum atomic E-state index is -4.48. The van der Waals surface area contributed by atoms with Gasteiger partial charge in [0.05, 0.1) is 10.5 Å². The summed E-state index contributed by atoms with van der Waals surface area (Å²) in [6.45, 7) is 1.72. The Hall–Kier alpha value is -2.11. The number of nitrogens with one attached hydrogen (secondary N) is 2. The minimum absolute atomic E-state index is 0.00237. The predicted molar refractivity (Wildman–Crippen MR) is 107 cm³/mol. The molecule has 156 valence electrons. The first kappa shape index (κ1) is 21.6. The second-order valence-electron chi connectivity index (χ2n) is 6.58. The molecule has 6 nitrogen and oxygen atoms in total. The van der Waals surface area contributed by atoms with Gasteiger partial charge < -0.3 is 10.2 Å². The zero-order chi connectivity index (χ0) is 21.4. The number of oxime groups is 1. The molecule has 11 heteroatoms. The molecule has 0 amide bonds. The first-order chi connectivity index (χ1) is 13.4. The highest BCUT2D eigenvalue weighted by Crippen LogP contribution is 2.41. The van der Waals surface area contributed by atoms with Gasteiger partial charge in [-0.3, -0.25) is 0 Å². The highest BCUT2D eigenvalue weighted by Gasteiger charge is 2.38. The lowest BCUT2D eigenvalue weighted by molar-refractivity contribution is -0.137. The van der Waals surface area contributed by atoms with E-state index in [9.17, 15) is 21.6 Å². The highest BCUT2D eigenvalue weighted by molar-refractivity contribution is 9.18. The second-order valence-corrected chi connectivity index (χ2v) is 9.39. The lowest BCUT2D eigenvalue weighted by Gasteiger charge is -2.26. The Kier molecular flexibility index (Phi) is 5.67. The number of anilines is 2. The molecule has 1 aliphatic heterocycles. The van der Waals surface area contributed by atoms with Gasteiger partial charge in [0.1, 0.15) is 4.62 Å². The summed E-state index contributed by atoms with van der Waals surface area (Å²) in [4.78, 5) is 5.50. The van der Waals surface area contributed by atoms with Gasteiger partial charge in [-0.15, -0.1) is 0 Å². The molecule has 0 unspecified atom stereocenters. The molecule has 0 radical (unpaired) electrons. The van der Waals surface area contributed by atoms with Gasteiger partial charge in [0, 0.05) is 23.4 Å². The van der Waals surface area contributed by atoms with Crippen LogP contribution < -0.4 is 10.0 Å². The van der Waals surface area contributed by atoms with Gasteiger partial charge in [-0.1, -0.05) is 11.2 Å². The van der Waals surface area contributed by atoms with Gasteiger partial charge in [-0.25, -0.2) is 13.1 Å². The second kappa shape index (κ2) is 7.62. The molecule has 1 atom stereocenters. The number of rotatable bonds is 5. The van der Waals surface area contributed by atoms with Crippen molar-refractivity contribution in [2.24, 2.45) is 5.16 Å². The zero-order valence-electron chi connectivity index (χ0n) is 15.3. The Morgan fingerprint density at radius 2 is 1.93 bits per heavy atom. The van der Waals surface area contributed by atoms with Crippen molar-refractivity contribution >= 4 is 41.9 Å². The van der Waals surface area contributed by atoms with Crippen LogP contribution in [0.25, 0.3) is 0 Å². The number of nitrogens with zero attached hydrogens (tertiary/aromatic N) is 1. The van der Waals surface area contributed by atoms with Gasteiger partial charge in [-0.2, -0.15) is 13.2 Å². The molecule has 0 fully saturated rings. The zero-order valence-corrected chi connectivity index (χ0v) is 17.7. The molecule has 1 heterocycles. The molecule has 3 rings (SSSR count). The first-order valence-corrected chi connectivity index (χ1v) is 10.7. The largest absolute Gasteiger partial charge is 0.416 e. The molecular weight excluding hydrogens is 475 g/mol. The predicted octanol–water partition coefficient (Wildman–Crippen LogP) is 4.70. The van der Waals surface area contributed by atoms with E-state index in [2.05, 4.69) is 31.1 Å². The topological polar surface area (TPSA) is 79.8 Å². The number of hydrogen-bond acceptors (Lipinski definition) is 5. The Morgan fingerprint density at radius 1 is 1.21 bits per heavy atom. The molecule has 29 heavy (non-hydrogen) atoms. The quantitative estimate of drug-likeness (QED) is 0.635. The molecule has 0 bridgehead atoms. The fourth-order valence-corrected chi connectivity index (χ4v) is 4.28. The molecule has 2 aromatic rings. The van der Waals surface area contributed by atoms with Crippen molar-refractivity contribution < 1.29 is 26.4 Å². The molecule has 0 aromatic heterocycles. The van der Waals surface area contributed by atoms with E-state index in [1.807, 2.05) is 0 Å². The molecular formula is C18H17BrF3N3O3S. The molecule has 2 aromatic carbocycles. The third-order valence-electron chi connectivity index (χ3n) is 4.44. The van der Waals surface area contributed by atoms with Crippen LogP contribution in [-0.4, -0.2) is 20.1 Å². The van der Waals surface area contributed by atoms with E-state index < -0.39 is 27.4 Å². The van der Waals surface area contributed by atoms with E-state index in [1.165, 1.54) is 37.4 Å². The van der Waals surface area contributed by atoms with Gasteiger partial charge in [0.2, 0.25) is 10.0 Å². The fraction of sp³-hybridized carbons (Fsp3) is 0.278. The Morgan fingerprint density at radius 3 is 2.52 bits per heavy atom. The monoisotopic (exact) mass is 491 g/mol. The van der Waals surface area contributed by atoms with Gasteiger partial charge in [-0.05, 0) is 66.3 Å². The summed E-state index contributed by atoms with van der Waals surface area (Å²) in [5.41, 5.74) is -0.773. The van der Waals surface area contributed by atoms with Crippen molar-refractivity contribution in [1.29, 1.82) is 0 Å². The van der Waals surface area contributed by atoms with Crippen LogP contribution in [-0.2, 0) is 26.6 Å². The standard InChI is InChI=1S/C18H17BrF3N3O3S/c1-17(10-16(19)25-28-17)14-9-13(29(26,27)23-2)6-7-15(14)24-12-5-3-4-11(8-12)18(20,21)22/h3-9,23-24H,10H2,1-2H3/t17-/m1/s1. The van der Waals surface area contributed by atoms with Crippen LogP contribution in [0.4, 0.5) is 24.5 Å². The number of hydrogen-bond donors (Lipinski definition) is 2. The number of sulfonamides is 1. The number of alkyl halides is 3. The summed E-state index contributed by atoms with van der Waals surface area (Å²) in [6, 6.07) is 9.00. The molecule has 2 N–H and O–H groups in total. The van der Waals surface area contributed by atoms with E-state index in [1.54, 1.807) is 6.92 Å². The SMILES string of the molecule is CNS(=O)(=O)c1ccc(Nc2cccc(C(F)(F)F)c2)c([C@@]2(C)CC(Br)=NO2)c1. The third kappa shape index (κ3) is 4.57. The van der Waals surface area contributed by atoms with Crippen molar-refractivity contribution in [2.45, 2.75) is 30.0 Å². The van der Waals surface area contributed by atoms with E-state index in [0.717, 1.165) is 12.1 Å². The minimum Gasteiger partial charge on any atom is -0.383 e. The van der Waals surface area contributed by atoms with Crippen LogP contribution in [0.3, 0.4) is 0 Å². The number of halogens is 4. The summed E-state index contributed by atoms with van der Waals surface area (Å²) >= 11 is 3.25. The van der Waals surface area contributed by atoms with Crippen LogP contribution in [0, 0.1) is 0 Å². The van der Waals surface area contributed by atoms with E-state index >= 15 is 0 Å². The van der Waals surface area contributed by atoms with Crippen LogP contribution in [0.15, 0.2) is 52.5 Å². The lowest BCUT2D eigenvalue weighted by atomic mass is 9.91. The maximum absolute atomic E-state index is 13.0. The van der Waals surface area contributed by atoms with Crippen LogP contribution in [0.2, 0.25) is 0 Å². The molecule has 0 saturated heterocycles. The van der Waals surface area contributed by atoms with Crippen LogP contribution >= 0.6 is 15.9 Å². The summed E-state index contributed by atoms with van der Waals surface area (Å²) in [5.74, 6) is 0. The highest BCUT2D eigenvalue weighted by atomic mass is 79.9. The average Bonchev–Trinajstić information content (AvgIpc) is 3.01. The van der Waals surface area contributed by atoms with Crippen LogP contribution in [0.1, 0.15) is 24.5 Å². The van der Waals surface area contributed by atoms with Gasteiger partial charge in [0.25, 0.3) is 0 Å². The van der Waals surface area contributed by atoms with E-state index in [4.69, 9.17) is 4.84 Å². The summed E-state index contributed by atoms with van der Waals surface area (Å²) in [7, 11) is -2.45. The number of benzene rings is 2. The normalized spacial score (nSPS) is 19.6. The average molecular weight is 492 g/mol. The van der Waals surface area contributed by atoms with E-state index in [0.29, 0.717) is 22.3 Å². The molecule has 1 aliphatic rings. The van der Waals surface area contributed by atoms with E-state index in [-0.39, 0.29) is 10.6 Å². The first-order valence-electron chi connectivity index (χ1n) is 8.37. The Labute approximate surface area is 174 Å².